The summed E-state index contributed by atoms with van der Waals surface area (Å²) in [5.74, 6) is 0.777. The molecule has 1 aromatic rings. The van der Waals surface area contributed by atoms with Crippen molar-refractivity contribution in [2.45, 2.75) is 32.4 Å². The quantitative estimate of drug-likeness (QED) is 0.825. The Morgan fingerprint density at radius 1 is 1.47 bits per heavy atom. The molecule has 0 aliphatic carbocycles. The second kappa shape index (κ2) is 5.98. The van der Waals surface area contributed by atoms with Crippen LogP contribution in [0.15, 0.2) is 18.3 Å². The summed E-state index contributed by atoms with van der Waals surface area (Å²) in [5, 5.41) is 3.25. The molecular formula is C13H22N2O2. The second-order valence-corrected chi connectivity index (χ2v) is 4.35. The minimum Gasteiger partial charge on any atom is -0.495 e. The molecule has 17 heavy (non-hydrogen) atoms. The molecule has 4 heteroatoms. The van der Waals surface area contributed by atoms with Crippen LogP contribution in [0.2, 0.25) is 0 Å². The van der Waals surface area contributed by atoms with Crippen molar-refractivity contribution in [2.75, 3.05) is 20.8 Å². The smallest absolute Gasteiger partial charge is 0.142 e. The number of methoxy groups -OCH3 is 1. The molecule has 0 amide bonds. The van der Waals surface area contributed by atoms with Crippen molar-refractivity contribution in [2.24, 2.45) is 0 Å². The molecule has 4 nitrogen and oxygen atoms in total. The van der Waals surface area contributed by atoms with Crippen LogP contribution in [0, 0.1) is 0 Å². The summed E-state index contributed by atoms with van der Waals surface area (Å²) in [4.78, 5) is 4.40. The maximum absolute atomic E-state index is 5.78. The summed E-state index contributed by atoms with van der Waals surface area (Å²) < 4.78 is 11.1. The lowest BCUT2D eigenvalue weighted by Crippen LogP contribution is -2.40. The van der Waals surface area contributed by atoms with Gasteiger partial charge in [-0.05, 0) is 40.0 Å². The highest BCUT2D eigenvalue weighted by atomic mass is 16.5. The van der Waals surface area contributed by atoms with Gasteiger partial charge >= 0.3 is 0 Å². The number of aromatic nitrogens is 1. The molecular weight excluding hydrogens is 216 g/mol. The van der Waals surface area contributed by atoms with Crippen LogP contribution in [-0.2, 0) is 4.74 Å². The first-order valence-corrected chi connectivity index (χ1v) is 5.87. The van der Waals surface area contributed by atoms with E-state index in [9.17, 15) is 0 Å². The molecule has 0 aliphatic rings. The normalized spacial score (nSPS) is 13.5. The van der Waals surface area contributed by atoms with Crippen molar-refractivity contribution in [3.8, 4) is 5.75 Å². The Morgan fingerprint density at radius 2 is 2.18 bits per heavy atom. The van der Waals surface area contributed by atoms with Crippen molar-refractivity contribution in [1.29, 1.82) is 0 Å². The van der Waals surface area contributed by atoms with Crippen molar-refractivity contribution >= 4 is 0 Å². The van der Waals surface area contributed by atoms with Gasteiger partial charge < -0.3 is 14.8 Å². The number of hydrogen-bond donors (Lipinski definition) is 1. The first kappa shape index (κ1) is 13.9. The standard InChI is InChI=1S/C13H22N2O2/c1-6-17-13(2,3)12(14-4)11-10(16-5)8-7-9-15-11/h7-9,12,14H,6H2,1-5H3. The van der Waals surface area contributed by atoms with Crippen LogP contribution < -0.4 is 10.1 Å². The predicted molar refractivity (Wildman–Crippen MR) is 68.3 cm³/mol. The van der Waals surface area contributed by atoms with E-state index >= 15 is 0 Å². The van der Waals surface area contributed by atoms with Gasteiger partial charge in [-0.2, -0.15) is 0 Å². The number of nitrogens with one attached hydrogen (secondary N) is 1. The molecule has 0 fully saturated rings. The second-order valence-electron chi connectivity index (χ2n) is 4.35. The molecule has 0 spiro atoms. The Labute approximate surface area is 103 Å². The Hall–Kier alpha value is -1.13. The van der Waals surface area contributed by atoms with Gasteiger partial charge in [-0.15, -0.1) is 0 Å². The lowest BCUT2D eigenvalue weighted by molar-refractivity contribution is -0.0389. The van der Waals surface area contributed by atoms with Crippen molar-refractivity contribution in [1.82, 2.24) is 10.3 Å². The molecule has 1 atom stereocenters. The summed E-state index contributed by atoms with van der Waals surface area (Å²) in [6, 6.07) is 3.76. The van der Waals surface area contributed by atoms with Crippen molar-refractivity contribution in [3.63, 3.8) is 0 Å². The predicted octanol–water partition coefficient (Wildman–Crippen LogP) is 2.17. The minimum absolute atomic E-state index is 0.0152. The first-order valence-electron chi connectivity index (χ1n) is 5.87. The fourth-order valence-electron chi connectivity index (χ4n) is 2.06. The van der Waals surface area contributed by atoms with Crippen LogP contribution in [0.4, 0.5) is 0 Å². The highest BCUT2D eigenvalue weighted by Crippen LogP contribution is 2.32. The summed E-state index contributed by atoms with van der Waals surface area (Å²) >= 11 is 0. The molecule has 0 aromatic carbocycles. The summed E-state index contributed by atoms with van der Waals surface area (Å²) in [7, 11) is 3.56. The SMILES string of the molecule is CCOC(C)(C)C(NC)c1ncccc1OC. The maximum Gasteiger partial charge on any atom is 0.142 e. The third-order valence-corrected chi connectivity index (χ3v) is 2.79. The van der Waals surface area contributed by atoms with Crippen LogP contribution in [-0.4, -0.2) is 31.3 Å². The van der Waals surface area contributed by atoms with Crippen LogP contribution in [0.3, 0.4) is 0 Å². The third-order valence-electron chi connectivity index (χ3n) is 2.79. The Bertz CT molecular complexity index is 353. The van der Waals surface area contributed by atoms with E-state index < -0.39 is 0 Å². The average Bonchev–Trinajstić information content (AvgIpc) is 2.30. The fraction of sp³-hybridized carbons (Fsp3) is 0.615. The van der Waals surface area contributed by atoms with E-state index in [1.807, 2.05) is 40.0 Å². The topological polar surface area (TPSA) is 43.4 Å². The molecule has 1 heterocycles. The van der Waals surface area contributed by atoms with E-state index in [4.69, 9.17) is 9.47 Å². The fourth-order valence-corrected chi connectivity index (χ4v) is 2.06. The van der Waals surface area contributed by atoms with Gasteiger partial charge in [-0.1, -0.05) is 0 Å². The average molecular weight is 238 g/mol. The molecule has 1 N–H and O–H groups in total. The number of ether oxygens (including phenoxy) is 2. The molecule has 0 saturated heterocycles. The van der Waals surface area contributed by atoms with Gasteiger partial charge in [-0.25, -0.2) is 0 Å². The van der Waals surface area contributed by atoms with E-state index in [1.54, 1.807) is 13.3 Å². The zero-order valence-corrected chi connectivity index (χ0v) is 11.3. The van der Waals surface area contributed by atoms with Crippen LogP contribution >= 0.6 is 0 Å². The lowest BCUT2D eigenvalue weighted by atomic mass is 9.94. The van der Waals surface area contributed by atoms with Crippen LogP contribution in [0.5, 0.6) is 5.75 Å². The lowest BCUT2D eigenvalue weighted by Gasteiger charge is -2.34. The number of likely N-dealkylation sites (N-methyl/N-ethyl adjacent to an activating group) is 1. The summed E-state index contributed by atoms with van der Waals surface area (Å²) in [5.41, 5.74) is 0.529. The van der Waals surface area contributed by atoms with E-state index in [0.717, 1.165) is 11.4 Å². The largest absolute Gasteiger partial charge is 0.495 e. The van der Waals surface area contributed by atoms with E-state index in [-0.39, 0.29) is 11.6 Å². The van der Waals surface area contributed by atoms with Gasteiger partial charge in [-0.3, -0.25) is 4.98 Å². The van der Waals surface area contributed by atoms with E-state index in [2.05, 4.69) is 10.3 Å². The molecule has 96 valence electrons. The first-order chi connectivity index (χ1) is 8.06. The van der Waals surface area contributed by atoms with Crippen LogP contribution in [0.1, 0.15) is 32.5 Å². The Morgan fingerprint density at radius 3 is 2.71 bits per heavy atom. The Kier molecular flexibility index (Phi) is 4.90. The summed E-state index contributed by atoms with van der Waals surface area (Å²) in [6.45, 7) is 6.75. The van der Waals surface area contributed by atoms with Crippen molar-refractivity contribution in [3.05, 3.63) is 24.0 Å². The molecule has 0 aliphatic heterocycles. The molecule has 1 unspecified atom stereocenters. The van der Waals surface area contributed by atoms with Gasteiger partial charge in [0.1, 0.15) is 11.4 Å². The number of nitrogens with zero attached hydrogens (tertiary/aromatic N) is 1. The monoisotopic (exact) mass is 238 g/mol. The van der Waals surface area contributed by atoms with Crippen LogP contribution in [0.25, 0.3) is 0 Å². The highest BCUT2D eigenvalue weighted by Gasteiger charge is 2.33. The number of pyridine rings is 1. The van der Waals surface area contributed by atoms with Gasteiger partial charge in [0, 0.05) is 12.8 Å². The molecule has 1 rings (SSSR count). The van der Waals surface area contributed by atoms with Gasteiger partial charge in [0.25, 0.3) is 0 Å². The molecule has 0 radical (unpaired) electrons. The zero-order valence-electron chi connectivity index (χ0n) is 11.3. The maximum atomic E-state index is 5.78. The minimum atomic E-state index is -0.342. The van der Waals surface area contributed by atoms with Gasteiger partial charge in [0.2, 0.25) is 0 Å². The molecule has 0 saturated carbocycles. The van der Waals surface area contributed by atoms with E-state index in [1.165, 1.54) is 0 Å². The number of hydrogen-bond acceptors (Lipinski definition) is 4. The third kappa shape index (κ3) is 3.17. The van der Waals surface area contributed by atoms with E-state index in [0.29, 0.717) is 6.61 Å². The number of rotatable bonds is 6. The van der Waals surface area contributed by atoms with Gasteiger partial charge in [0.05, 0.1) is 18.8 Å². The highest BCUT2D eigenvalue weighted by molar-refractivity contribution is 5.31. The van der Waals surface area contributed by atoms with Crippen molar-refractivity contribution < 1.29 is 9.47 Å². The zero-order chi connectivity index (χ0) is 12.9. The molecule has 1 aromatic heterocycles. The summed E-state index contributed by atoms with van der Waals surface area (Å²) in [6.07, 6.45) is 1.77. The Balaban J connectivity index is 3.08. The molecule has 0 bridgehead atoms. The van der Waals surface area contributed by atoms with Gasteiger partial charge in [0.15, 0.2) is 0 Å².